The number of halogens is 2. The van der Waals surface area contributed by atoms with Gasteiger partial charge in [-0.05, 0) is 159 Å². The molecular weight excluding hydrogens is 1420 g/mol. The van der Waals surface area contributed by atoms with E-state index in [0.29, 0.717) is 56.5 Å². The summed E-state index contributed by atoms with van der Waals surface area (Å²) in [4.78, 5) is 94.4. The molecule has 5 amide bonds. The largest absolute Gasteiger partial charge is 0.494 e. The number of hydrogen-bond acceptors (Lipinski definition) is 19. The number of thiazole rings is 3. The van der Waals surface area contributed by atoms with Gasteiger partial charge in [0, 0.05) is 68.2 Å². The molecule has 4 saturated heterocycles. The lowest BCUT2D eigenvalue weighted by atomic mass is 9.78. The maximum atomic E-state index is 13.0. The van der Waals surface area contributed by atoms with Gasteiger partial charge in [0.1, 0.15) is 11.2 Å². The highest BCUT2D eigenvalue weighted by Crippen LogP contribution is 2.42. The van der Waals surface area contributed by atoms with Crippen LogP contribution in [0.1, 0.15) is 162 Å². The molecule has 0 spiro atoms. The Kier molecular flexibility index (Phi) is 25.5. The Morgan fingerprint density at radius 3 is 1.54 bits per heavy atom. The Morgan fingerprint density at radius 2 is 1.11 bits per heavy atom. The predicted octanol–water partition coefficient (Wildman–Crippen LogP) is 12.5. The van der Waals surface area contributed by atoms with Gasteiger partial charge in [-0.2, -0.15) is 0 Å². The van der Waals surface area contributed by atoms with Gasteiger partial charge >= 0.3 is 19.3 Å². The topological polar surface area (TPSA) is 277 Å². The van der Waals surface area contributed by atoms with Gasteiger partial charge in [-0.3, -0.25) is 24.2 Å². The van der Waals surface area contributed by atoms with Crippen molar-refractivity contribution < 1.29 is 58.1 Å². The number of rotatable bonds is 11. The molecule has 0 aliphatic carbocycles. The first-order valence-electron chi connectivity index (χ1n) is 33.5. The molecule has 3 aromatic heterocycles. The summed E-state index contributed by atoms with van der Waals surface area (Å²) < 4.78 is 24.5. The Morgan fingerprint density at radius 1 is 0.650 bits per heavy atom. The third-order valence-electron chi connectivity index (χ3n) is 18.8. The van der Waals surface area contributed by atoms with Gasteiger partial charge in [0.25, 0.3) is 11.8 Å². The molecule has 21 nitrogen and oxygen atoms in total. The Bertz CT molecular complexity index is 3970. The zero-order valence-electron chi connectivity index (χ0n) is 59.9. The molecule has 3 unspecified atom stereocenters. The molecule has 12 rings (SSSR count). The lowest BCUT2D eigenvalue weighted by molar-refractivity contribution is -0.122. The standard InChI is InChI=1S/C26H39BN2O6.C24H29N3O4S.C19H21N3O2S.C4H4BrNS.ClH/c1-9-22(31)28-20(21-15-19(30)16-29(21)23(32)33-24(2,3)4)14-17-10-12-18(13-11-17)27-34-25(5,6)26(7,8)35-27;1-14-20(32-13-25-14)15-6-8-16(9-7-15)24(5)11-18(26-21(24)29)19-10-17(28)12-27(19)22(30)31-23(2,3)4;1-11-17(25-10-21-11)12-3-5-13(6-4-12)19(2)8-16(22-18(19)24)15-7-14(23)9-20-15;1-3-4(5)7-2-6-3;/h10-13,19,21,30H,9,14-16H2,1-8H3;6-9,13,17,19,28H,10-12H2,1-5H3;3-6,10,14-15,20,23H,7-9H2,1-2H3;2H,1H3;1H/t19-,21?;17-,19?,24+;14-,15?,19+;;/m111../s1. The average Bonchev–Trinajstić information content (AvgIpc) is 1.61. The van der Waals surface area contributed by atoms with Crippen LogP contribution in [0.25, 0.3) is 20.9 Å². The van der Waals surface area contributed by atoms with Crippen molar-refractivity contribution in [3.05, 3.63) is 127 Å². The van der Waals surface area contributed by atoms with E-state index in [4.69, 9.17) is 18.8 Å². The van der Waals surface area contributed by atoms with Crippen molar-refractivity contribution >= 4 is 122 Å². The zero-order chi connectivity index (χ0) is 72.3. The fourth-order valence-corrected chi connectivity index (χ4v) is 15.0. The number of aliphatic hydroxyl groups is 3. The highest BCUT2D eigenvalue weighted by molar-refractivity contribution is 9.11. The van der Waals surface area contributed by atoms with Crippen LogP contribution in [0.4, 0.5) is 9.59 Å². The van der Waals surface area contributed by atoms with Gasteiger partial charge in [0.2, 0.25) is 5.91 Å². The third kappa shape index (κ3) is 18.9. The van der Waals surface area contributed by atoms with Crippen LogP contribution in [0.2, 0.25) is 0 Å². The molecule has 27 heteroatoms. The van der Waals surface area contributed by atoms with Crippen LogP contribution < -0.4 is 10.8 Å². The molecule has 6 aromatic rings. The second-order valence-corrected chi connectivity index (χ2v) is 33.4. The molecule has 0 saturated carbocycles. The molecule has 4 fully saturated rings. The van der Waals surface area contributed by atoms with E-state index >= 15 is 0 Å². The van der Waals surface area contributed by atoms with Gasteiger partial charge in [-0.15, -0.1) is 46.4 Å². The van der Waals surface area contributed by atoms with Crippen LogP contribution in [-0.2, 0) is 50.4 Å². The number of carbonyl (C=O) groups excluding carboxylic acids is 5. The van der Waals surface area contributed by atoms with Crippen molar-refractivity contribution in [1.29, 1.82) is 0 Å². The summed E-state index contributed by atoms with van der Waals surface area (Å²) in [5.74, 6) is -0.577. The van der Waals surface area contributed by atoms with E-state index in [-0.39, 0.29) is 61.8 Å². The summed E-state index contributed by atoms with van der Waals surface area (Å²) in [6.45, 7) is 31.3. The summed E-state index contributed by atoms with van der Waals surface area (Å²) in [5.41, 5.74) is 12.9. The van der Waals surface area contributed by atoms with E-state index in [9.17, 15) is 39.3 Å². The molecule has 9 heterocycles. The van der Waals surface area contributed by atoms with Crippen LogP contribution in [0, 0.1) is 20.8 Å². The number of aliphatic imine (C=N–C) groups is 3. The molecule has 0 bridgehead atoms. The monoisotopic (exact) mass is 1510 g/mol. The number of aromatic nitrogens is 3. The molecule has 6 aliphatic heterocycles. The second-order valence-electron chi connectivity index (χ2n) is 29.5. The number of nitrogens with one attached hydrogen (secondary N) is 1. The third-order valence-corrected chi connectivity index (χ3v) is 22.6. The van der Waals surface area contributed by atoms with Gasteiger partial charge in [0.15, 0.2) is 0 Å². The number of carbonyl (C=O) groups is 5. The van der Waals surface area contributed by atoms with Crippen molar-refractivity contribution in [2.45, 2.75) is 225 Å². The Balaban J connectivity index is 0.000000182. The van der Waals surface area contributed by atoms with Gasteiger partial charge in [-0.25, -0.2) is 39.5 Å². The number of aryl methyl sites for hydroxylation is 3. The van der Waals surface area contributed by atoms with Crippen LogP contribution in [-0.4, -0.2) is 173 Å². The summed E-state index contributed by atoms with van der Waals surface area (Å²) in [6.07, 6.45) is 0.182. The first-order valence-corrected chi connectivity index (χ1v) is 36.9. The number of aliphatic hydroxyl groups excluding tert-OH is 3. The second kappa shape index (κ2) is 32.2. The van der Waals surface area contributed by atoms with Crippen molar-refractivity contribution in [2.24, 2.45) is 15.0 Å². The molecule has 6 aliphatic rings. The van der Waals surface area contributed by atoms with E-state index in [1.54, 1.807) is 82.5 Å². The number of likely N-dealkylation sites (tertiary alicyclic amines) is 2. The van der Waals surface area contributed by atoms with Crippen molar-refractivity contribution in [3.8, 4) is 20.9 Å². The fraction of sp³-hybridized carbons (Fsp3) is 0.521. The number of ether oxygens (including phenoxy) is 2. The maximum absolute atomic E-state index is 13.0. The normalized spacial score (nSPS) is 24.7. The van der Waals surface area contributed by atoms with Gasteiger partial charge in [-0.1, -0.05) is 79.7 Å². The van der Waals surface area contributed by atoms with Crippen LogP contribution >= 0.6 is 62.3 Å². The van der Waals surface area contributed by atoms with E-state index in [1.807, 2.05) is 140 Å². The fourth-order valence-electron chi connectivity index (χ4n) is 12.5. The Labute approximate surface area is 613 Å². The number of nitrogens with zero attached hydrogens (tertiary/aromatic N) is 8. The first kappa shape index (κ1) is 79.4. The van der Waals surface area contributed by atoms with Crippen molar-refractivity contribution in [1.82, 2.24) is 30.1 Å². The molecular formula is C73H94BBrClN9O12S3. The molecule has 3 aromatic carbocycles. The molecule has 100 heavy (non-hydrogen) atoms. The average molecular weight is 1510 g/mol. The van der Waals surface area contributed by atoms with E-state index in [0.717, 1.165) is 69.6 Å². The first-order chi connectivity index (χ1) is 46.4. The van der Waals surface area contributed by atoms with Crippen molar-refractivity contribution in [3.63, 3.8) is 0 Å². The highest BCUT2D eigenvalue weighted by Gasteiger charge is 2.52. The molecule has 538 valence electrons. The smallest absolute Gasteiger partial charge is 0.444 e. The minimum absolute atomic E-state index is 0. The summed E-state index contributed by atoms with van der Waals surface area (Å²) >= 11 is 8.15. The van der Waals surface area contributed by atoms with Crippen LogP contribution in [0.15, 0.2) is 108 Å². The quantitative estimate of drug-likeness (QED) is 0.0693. The van der Waals surface area contributed by atoms with E-state index in [2.05, 4.69) is 63.3 Å². The minimum atomic E-state index is -0.802. The summed E-state index contributed by atoms with van der Waals surface area (Å²) in [5, 5.41) is 33.6. The summed E-state index contributed by atoms with van der Waals surface area (Å²) in [6, 6.07) is 23.0. The Hall–Kier alpha value is -6.30. The SMILES string of the molecule is CCC(=O)N=C(Cc1ccc(B2OC(C)(C)C(C)(C)O2)cc1)C1C[C@@H](O)CN1C(=O)OC(C)(C)C.Cc1ncsc1-c1ccc([C@]2(C)CC(C3C[C@@H](O)CN3)=NC2=O)cc1.Cc1ncsc1-c1ccc([C@]2(C)CC(C3C[C@@H](O)CN3C(=O)OC(C)(C)C)=NC2=O)cc1.Cc1ncsc1Br.Cl. The lowest BCUT2D eigenvalue weighted by Gasteiger charge is -2.32. The van der Waals surface area contributed by atoms with E-state index < -0.39 is 76.8 Å². The van der Waals surface area contributed by atoms with Crippen molar-refractivity contribution in [2.75, 3.05) is 19.6 Å². The number of amides is 5. The maximum Gasteiger partial charge on any atom is 0.494 e. The number of benzene rings is 3. The number of β-amino-alcohol motifs (C(OH)–C–C–N with tert-alkyl or cyclic N) is 3. The van der Waals surface area contributed by atoms with Gasteiger partial charge < -0.3 is 39.4 Å². The number of hydrogen-bond donors (Lipinski definition) is 4. The van der Waals surface area contributed by atoms with Crippen LogP contribution in [0.3, 0.4) is 0 Å². The minimum Gasteiger partial charge on any atom is -0.444 e. The highest BCUT2D eigenvalue weighted by atomic mass is 79.9. The summed E-state index contributed by atoms with van der Waals surface area (Å²) in [7, 11) is -0.462. The molecule has 4 N–H and O–H groups in total. The lowest BCUT2D eigenvalue weighted by Crippen LogP contribution is -2.44. The van der Waals surface area contributed by atoms with Gasteiger partial charge in [0.05, 0.1) is 113 Å². The van der Waals surface area contributed by atoms with E-state index in [1.165, 1.54) is 9.80 Å². The zero-order valence-corrected chi connectivity index (χ0v) is 64.7. The molecule has 8 atom stereocenters. The van der Waals surface area contributed by atoms with Crippen LogP contribution in [0.5, 0.6) is 0 Å². The predicted molar refractivity (Wildman–Crippen MR) is 401 cm³/mol. The molecule has 0 radical (unpaired) electrons.